The van der Waals surface area contributed by atoms with Crippen molar-refractivity contribution in [2.45, 2.75) is 70.8 Å². The van der Waals surface area contributed by atoms with E-state index >= 15 is 0 Å². The number of hydrogen-bond acceptors (Lipinski definition) is 3. The average molecular weight is 366 g/mol. The van der Waals surface area contributed by atoms with Gasteiger partial charge < -0.3 is 20.4 Å². The van der Waals surface area contributed by atoms with Crippen LogP contribution in [-0.2, 0) is 0 Å². The van der Waals surface area contributed by atoms with Gasteiger partial charge in [-0.1, -0.05) is 32.6 Å². The van der Waals surface area contributed by atoms with E-state index in [1.807, 2.05) is 7.05 Å². The van der Waals surface area contributed by atoms with Crippen LogP contribution in [0.15, 0.2) is 4.99 Å². The Morgan fingerprint density at radius 2 is 1.81 bits per heavy atom. The normalized spacial score (nSPS) is 21.3. The van der Waals surface area contributed by atoms with Crippen molar-refractivity contribution in [2.75, 3.05) is 53.4 Å². The molecule has 1 saturated heterocycles. The minimum absolute atomic E-state index is 0.571. The molecule has 0 atom stereocenters. The summed E-state index contributed by atoms with van der Waals surface area (Å²) in [5.74, 6) is 1.94. The van der Waals surface area contributed by atoms with E-state index in [4.69, 9.17) is 0 Å². The number of nitrogens with zero attached hydrogens (tertiary/aromatic N) is 3. The molecular weight excluding hydrogens is 322 g/mol. The Morgan fingerprint density at radius 3 is 2.46 bits per heavy atom. The first kappa shape index (κ1) is 21.5. The Labute approximate surface area is 162 Å². The number of likely N-dealkylation sites (N-methyl/N-ethyl adjacent to an activating group) is 1. The first-order valence-corrected chi connectivity index (χ1v) is 11.1. The van der Waals surface area contributed by atoms with Gasteiger partial charge in [-0.25, -0.2) is 0 Å². The molecule has 5 heteroatoms. The summed E-state index contributed by atoms with van der Waals surface area (Å²) < 4.78 is 0. The highest BCUT2D eigenvalue weighted by atomic mass is 15.2. The topological polar surface area (TPSA) is 42.9 Å². The van der Waals surface area contributed by atoms with Gasteiger partial charge in [0.15, 0.2) is 5.96 Å². The number of hydrogen-bond donors (Lipinski definition) is 2. The molecule has 2 N–H and O–H groups in total. The summed E-state index contributed by atoms with van der Waals surface area (Å²) in [6.45, 7) is 9.28. The molecule has 0 amide bonds. The van der Waals surface area contributed by atoms with E-state index < -0.39 is 0 Å². The summed E-state index contributed by atoms with van der Waals surface area (Å²) in [6.07, 6.45) is 12.3. The number of aliphatic imine (C=N–C) groups is 1. The van der Waals surface area contributed by atoms with Crippen molar-refractivity contribution in [1.82, 2.24) is 20.4 Å². The molecule has 2 fully saturated rings. The molecule has 1 heterocycles. The van der Waals surface area contributed by atoms with Gasteiger partial charge in [0.1, 0.15) is 0 Å². The van der Waals surface area contributed by atoms with Gasteiger partial charge in [0, 0.05) is 45.8 Å². The first-order chi connectivity index (χ1) is 12.7. The number of nitrogens with one attached hydrogen (secondary N) is 2. The Morgan fingerprint density at radius 1 is 1.08 bits per heavy atom. The van der Waals surface area contributed by atoms with E-state index in [0.29, 0.717) is 6.04 Å². The fourth-order valence-electron chi connectivity index (χ4n) is 4.29. The summed E-state index contributed by atoms with van der Waals surface area (Å²) >= 11 is 0. The second-order valence-corrected chi connectivity index (χ2v) is 8.38. The SMILES string of the molecule is CCCCN(C)CCNC(=NC)NC1CCN(CC2CCCCC2)CC1. The molecule has 0 aromatic rings. The van der Waals surface area contributed by atoms with E-state index in [9.17, 15) is 0 Å². The van der Waals surface area contributed by atoms with Crippen molar-refractivity contribution in [1.29, 1.82) is 0 Å². The molecule has 0 aromatic carbocycles. The van der Waals surface area contributed by atoms with Gasteiger partial charge >= 0.3 is 0 Å². The van der Waals surface area contributed by atoms with Gasteiger partial charge in [-0.3, -0.25) is 4.99 Å². The smallest absolute Gasteiger partial charge is 0.191 e. The van der Waals surface area contributed by atoms with Crippen LogP contribution in [0.3, 0.4) is 0 Å². The maximum absolute atomic E-state index is 4.42. The third-order valence-corrected chi connectivity index (χ3v) is 6.07. The monoisotopic (exact) mass is 365 g/mol. The molecule has 2 aliphatic rings. The zero-order valence-electron chi connectivity index (χ0n) is 17.6. The summed E-state index contributed by atoms with van der Waals surface area (Å²) in [6, 6.07) is 0.571. The molecule has 1 aliphatic heterocycles. The first-order valence-electron chi connectivity index (χ1n) is 11.1. The van der Waals surface area contributed by atoms with Gasteiger partial charge in [0.25, 0.3) is 0 Å². The number of likely N-dealkylation sites (tertiary alicyclic amines) is 1. The van der Waals surface area contributed by atoms with Crippen molar-refractivity contribution >= 4 is 5.96 Å². The van der Waals surface area contributed by atoms with Crippen LogP contribution < -0.4 is 10.6 Å². The number of unbranched alkanes of at least 4 members (excludes halogenated alkanes) is 1. The Kier molecular flexibility index (Phi) is 10.4. The van der Waals surface area contributed by atoms with E-state index in [1.54, 1.807) is 0 Å². The van der Waals surface area contributed by atoms with Crippen molar-refractivity contribution in [2.24, 2.45) is 10.9 Å². The van der Waals surface area contributed by atoms with Crippen molar-refractivity contribution < 1.29 is 0 Å². The zero-order chi connectivity index (χ0) is 18.6. The molecular formula is C21H43N5. The van der Waals surface area contributed by atoms with Crippen molar-refractivity contribution in [3.63, 3.8) is 0 Å². The molecule has 0 spiro atoms. The van der Waals surface area contributed by atoms with Crippen molar-refractivity contribution in [3.8, 4) is 0 Å². The fourth-order valence-corrected chi connectivity index (χ4v) is 4.29. The number of rotatable bonds is 9. The van der Waals surface area contributed by atoms with Gasteiger partial charge in [-0.2, -0.15) is 0 Å². The second-order valence-electron chi connectivity index (χ2n) is 8.38. The maximum Gasteiger partial charge on any atom is 0.191 e. The number of piperidine rings is 1. The Balaban J connectivity index is 1.59. The highest BCUT2D eigenvalue weighted by molar-refractivity contribution is 5.79. The van der Waals surface area contributed by atoms with Crippen LogP contribution in [0.2, 0.25) is 0 Å². The van der Waals surface area contributed by atoms with E-state index in [-0.39, 0.29) is 0 Å². The van der Waals surface area contributed by atoms with Gasteiger partial charge in [-0.05, 0) is 51.6 Å². The lowest BCUT2D eigenvalue weighted by Gasteiger charge is -2.36. The lowest BCUT2D eigenvalue weighted by molar-refractivity contribution is 0.160. The molecule has 152 valence electrons. The molecule has 2 rings (SSSR count). The lowest BCUT2D eigenvalue weighted by Crippen LogP contribution is -2.50. The van der Waals surface area contributed by atoms with Gasteiger partial charge in [0.2, 0.25) is 0 Å². The van der Waals surface area contributed by atoms with Crippen LogP contribution in [-0.4, -0.2) is 75.2 Å². The van der Waals surface area contributed by atoms with E-state index in [0.717, 1.165) is 25.0 Å². The molecule has 0 bridgehead atoms. The molecule has 1 aliphatic carbocycles. The second kappa shape index (κ2) is 12.6. The zero-order valence-corrected chi connectivity index (χ0v) is 17.6. The molecule has 5 nitrogen and oxygen atoms in total. The summed E-state index contributed by atoms with van der Waals surface area (Å²) in [7, 11) is 4.09. The van der Waals surface area contributed by atoms with Crippen LogP contribution >= 0.6 is 0 Å². The molecule has 26 heavy (non-hydrogen) atoms. The van der Waals surface area contributed by atoms with E-state index in [2.05, 4.69) is 39.4 Å². The molecule has 0 radical (unpaired) electrons. The Bertz CT molecular complexity index is 384. The van der Waals surface area contributed by atoms with Crippen LogP contribution in [0.1, 0.15) is 64.7 Å². The van der Waals surface area contributed by atoms with Crippen LogP contribution in [0, 0.1) is 5.92 Å². The van der Waals surface area contributed by atoms with Gasteiger partial charge in [-0.15, -0.1) is 0 Å². The predicted molar refractivity (Wildman–Crippen MR) is 113 cm³/mol. The third-order valence-electron chi connectivity index (χ3n) is 6.07. The molecule has 0 aromatic heterocycles. The highest BCUT2D eigenvalue weighted by Crippen LogP contribution is 2.25. The number of guanidine groups is 1. The van der Waals surface area contributed by atoms with Crippen LogP contribution in [0.25, 0.3) is 0 Å². The highest BCUT2D eigenvalue weighted by Gasteiger charge is 2.23. The van der Waals surface area contributed by atoms with Crippen LogP contribution in [0.5, 0.6) is 0 Å². The van der Waals surface area contributed by atoms with Gasteiger partial charge in [0.05, 0.1) is 0 Å². The lowest BCUT2D eigenvalue weighted by atomic mass is 9.88. The molecule has 0 unspecified atom stereocenters. The maximum atomic E-state index is 4.42. The fraction of sp³-hybridized carbons (Fsp3) is 0.952. The molecule has 1 saturated carbocycles. The van der Waals surface area contributed by atoms with Crippen LogP contribution in [0.4, 0.5) is 0 Å². The standard InChI is InChI=1S/C21H43N5/c1-4-5-14-25(3)17-13-23-21(22-2)24-20-11-15-26(16-12-20)18-19-9-7-6-8-10-19/h19-20H,4-18H2,1-3H3,(H2,22,23,24). The van der Waals surface area contributed by atoms with Crippen molar-refractivity contribution in [3.05, 3.63) is 0 Å². The predicted octanol–water partition coefficient (Wildman–Crippen LogP) is 2.93. The summed E-state index contributed by atoms with van der Waals surface area (Å²) in [5, 5.41) is 7.12. The summed E-state index contributed by atoms with van der Waals surface area (Å²) in [4.78, 5) is 9.51. The quantitative estimate of drug-likeness (QED) is 0.487. The Hall–Kier alpha value is -0.810. The average Bonchev–Trinajstić information content (AvgIpc) is 2.67. The minimum Gasteiger partial charge on any atom is -0.355 e. The largest absolute Gasteiger partial charge is 0.355 e. The minimum atomic E-state index is 0.571. The van der Waals surface area contributed by atoms with E-state index in [1.165, 1.54) is 84.0 Å². The third kappa shape index (κ3) is 8.26. The summed E-state index contributed by atoms with van der Waals surface area (Å²) in [5.41, 5.74) is 0.